The van der Waals surface area contributed by atoms with Crippen molar-refractivity contribution in [3.8, 4) is 0 Å². The fraction of sp³-hybridized carbons (Fsp3) is 0.591. The third-order valence-electron chi connectivity index (χ3n) is 5.79. The molecule has 0 spiro atoms. The van der Waals surface area contributed by atoms with Crippen molar-refractivity contribution in [2.45, 2.75) is 51.2 Å². The van der Waals surface area contributed by atoms with Crippen LogP contribution in [0.4, 0.5) is 5.69 Å². The minimum atomic E-state index is 0.541. The summed E-state index contributed by atoms with van der Waals surface area (Å²) >= 11 is 0. The molecule has 0 radical (unpaired) electrons. The minimum absolute atomic E-state index is 0.541. The summed E-state index contributed by atoms with van der Waals surface area (Å²) in [7, 11) is 0. The lowest BCUT2D eigenvalue weighted by atomic mass is 10.1. The zero-order chi connectivity index (χ0) is 18.5. The molecule has 5 heteroatoms. The Balaban J connectivity index is 1.32. The predicted molar refractivity (Wildman–Crippen MR) is 113 cm³/mol. The quantitative estimate of drug-likeness (QED) is 0.461. The molecule has 1 aliphatic carbocycles. The van der Waals surface area contributed by atoms with Crippen LogP contribution in [0.5, 0.6) is 0 Å². The topological polar surface area (TPSA) is 42.9 Å². The molecule has 0 unspecified atom stereocenters. The molecule has 1 saturated heterocycles. The standard InChI is InChI=1S/C22H33N5/c1-2-23-22(25-19-10-14-27(15-11-19)20-8-9-20)24-17-18-6-5-7-21(16-18)26-12-3-4-13-26/h3-7,16,19-20H,2,8-15,17H2,1H3,(H2,23,24,25). The van der Waals surface area contributed by atoms with Gasteiger partial charge in [0.15, 0.2) is 5.96 Å². The van der Waals surface area contributed by atoms with E-state index in [1.807, 2.05) is 0 Å². The van der Waals surface area contributed by atoms with Crippen LogP contribution in [0, 0.1) is 0 Å². The lowest BCUT2D eigenvalue weighted by molar-refractivity contribution is 0.197. The molecule has 1 saturated carbocycles. The average Bonchev–Trinajstić information content (AvgIpc) is 3.40. The molecule has 2 heterocycles. The Hall–Kier alpha value is -2.01. The number of piperidine rings is 1. The number of anilines is 1. The van der Waals surface area contributed by atoms with Crippen LogP contribution >= 0.6 is 0 Å². The van der Waals surface area contributed by atoms with Crippen LogP contribution in [0.25, 0.3) is 0 Å². The molecule has 2 N–H and O–H groups in total. The summed E-state index contributed by atoms with van der Waals surface area (Å²) in [5, 5.41) is 7.09. The Bertz CT molecular complexity index is 663. The van der Waals surface area contributed by atoms with Gasteiger partial charge in [0, 0.05) is 50.5 Å². The number of hydrogen-bond acceptors (Lipinski definition) is 3. The molecule has 3 aliphatic rings. The summed E-state index contributed by atoms with van der Waals surface area (Å²) in [5.74, 6) is 0.954. The van der Waals surface area contributed by atoms with Gasteiger partial charge in [0.1, 0.15) is 0 Å². The van der Waals surface area contributed by atoms with Gasteiger partial charge in [0.05, 0.1) is 6.54 Å². The van der Waals surface area contributed by atoms with E-state index in [0.717, 1.165) is 31.6 Å². The first kappa shape index (κ1) is 18.4. The van der Waals surface area contributed by atoms with Crippen LogP contribution in [0.2, 0.25) is 0 Å². The smallest absolute Gasteiger partial charge is 0.191 e. The Labute approximate surface area is 163 Å². The van der Waals surface area contributed by atoms with Gasteiger partial charge in [-0.1, -0.05) is 24.3 Å². The van der Waals surface area contributed by atoms with Crippen LogP contribution in [-0.4, -0.2) is 55.7 Å². The number of rotatable bonds is 6. The second-order valence-corrected chi connectivity index (χ2v) is 7.93. The first-order valence-corrected chi connectivity index (χ1v) is 10.6. The van der Waals surface area contributed by atoms with Crippen molar-refractivity contribution >= 4 is 11.6 Å². The van der Waals surface area contributed by atoms with E-state index < -0.39 is 0 Å². The van der Waals surface area contributed by atoms with Crippen LogP contribution in [0.1, 0.15) is 38.2 Å². The fourth-order valence-corrected chi connectivity index (χ4v) is 4.07. The van der Waals surface area contributed by atoms with Crippen molar-refractivity contribution in [1.82, 2.24) is 15.5 Å². The number of hydrogen-bond donors (Lipinski definition) is 2. The van der Waals surface area contributed by atoms with Gasteiger partial charge < -0.3 is 20.4 Å². The van der Waals surface area contributed by atoms with E-state index in [4.69, 9.17) is 4.99 Å². The molecule has 2 aliphatic heterocycles. The Morgan fingerprint density at radius 3 is 2.59 bits per heavy atom. The van der Waals surface area contributed by atoms with Crippen molar-refractivity contribution in [1.29, 1.82) is 0 Å². The third-order valence-corrected chi connectivity index (χ3v) is 5.79. The lowest BCUT2D eigenvalue weighted by Crippen LogP contribution is -2.49. The fourth-order valence-electron chi connectivity index (χ4n) is 4.07. The molecule has 0 bridgehead atoms. The molecule has 0 atom stereocenters. The Morgan fingerprint density at radius 2 is 1.89 bits per heavy atom. The third kappa shape index (κ3) is 5.04. The summed E-state index contributed by atoms with van der Waals surface area (Å²) in [6.45, 7) is 8.22. The van der Waals surface area contributed by atoms with E-state index in [2.05, 4.69) is 63.8 Å². The van der Waals surface area contributed by atoms with Gasteiger partial charge in [-0.05, 0) is 50.3 Å². The van der Waals surface area contributed by atoms with Crippen LogP contribution in [0.15, 0.2) is 41.4 Å². The Morgan fingerprint density at radius 1 is 1.11 bits per heavy atom. The predicted octanol–water partition coefficient (Wildman–Crippen LogP) is 2.74. The molecule has 1 aromatic rings. The van der Waals surface area contributed by atoms with Crippen LogP contribution in [-0.2, 0) is 6.54 Å². The van der Waals surface area contributed by atoms with Crippen molar-refractivity contribution in [3.63, 3.8) is 0 Å². The molecule has 4 rings (SSSR count). The molecular formula is C22H33N5. The molecule has 0 aromatic heterocycles. The maximum Gasteiger partial charge on any atom is 0.191 e. The van der Waals surface area contributed by atoms with E-state index in [-0.39, 0.29) is 0 Å². The van der Waals surface area contributed by atoms with E-state index in [1.165, 1.54) is 50.0 Å². The molecule has 27 heavy (non-hydrogen) atoms. The monoisotopic (exact) mass is 367 g/mol. The van der Waals surface area contributed by atoms with Crippen molar-refractivity contribution in [2.75, 3.05) is 37.6 Å². The highest BCUT2D eigenvalue weighted by Crippen LogP contribution is 2.29. The number of guanidine groups is 1. The summed E-state index contributed by atoms with van der Waals surface area (Å²) in [6, 6.07) is 10.2. The highest BCUT2D eigenvalue weighted by atomic mass is 15.2. The highest BCUT2D eigenvalue weighted by Gasteiger charge is 2.31. The molecule has 1 aromatic carbocycles. The largest absolute Gasteiger partial charge is 0.364 e. The number of nitrogens with zero attached hydrogens (tertiary/aromatic N) is 3. The number of nitrogens with one attached hydrogen (secondary N) is 2. The summed E-state index contributed by atoms with van der Waals surface area (Å²) in [4.78, 5) is 9.91. The van der Waals surface area contributed by atoms with Gasteiger partial charge in [-0.15, -0.1) is 0 Å². The van der Waals surface area contributed by atoms with Crippen molar-refractivity contribution in [2.24, 2.45) is 4.99 Å². The second kappa shape index (κ2) is 8.79. The highest BCUT2D eigenvalue weighted by molar-refractivity contribution is 5.80. The zero-order valence-electron chi connectivity index (χ0n) is 16.5. The van der Waals surface area contributed by atoms with Gasteiger partial charge in [-0.2, -0.15) is 0 Å². The van der Waals surface area contributed by atoms with Crippen molar-refractivity contribution in [3.05, 3.63) is 42.0 Å². The summed E-state index contributed by atoms with van der Waals surface area (Å²) in [5.41, 5.74) is 2.55. The van der Waals surface area contributed by atoms with Gasteiger partial charge in [-0.3, -0.25) is 0 Å². The summed E-state index contributed by atoms with van der Waals surface area (Å²) < 4.78 is 0. The van der Waals surface area contributed by atoms with Crippen molar-refractivity contribution < 1.29 is 0 Å². The normalized spacial score (nSPS) is 21.7. The SMILES string of the molecule is CCNC(=NCc1cccc(N2CC=CC2)c1)NC1CCN(C2CC2)CC1. The van der Waals surface area contributed by atoms with Gasteiger partial charge in [-0.25, -0.2) is 4.99 Å². The number of benzene rings is 1. The van der Waals surface area contributed by atoms with Gasteiger partial charge in [0.25, 0.3) is 0 Å². The minimum Gasteiger partial charge on any atom is -0.364 e. The molecule has 2 fully saturated rings. The molecule has 0 amide bonds. The van der Waals surface area contributed by atoms with E-state index in [1.54, 1.807) is 0 Å². The Kier molecular flexibility index (Phi) is 5.97. The molecule has 146 valence electrons. The van der Waals surface area contributed by atoms with E-state index >= 15 is 0 Å². The lowest BCUT2D eigenvalue weighted by Gasteiger charge is -2.33. The maximum absolute atomic E-state index is 4.86. The molecular weight excluding hydrogens is 334 g/mol. The van der Waals surface area contributed by atoms with Crippen LogP contribution in [0.3, 0.4) is 0 Å². The van der Waals surface area contributed by atoms with E-state index in [0.29, 0.717) is 12.6 Å². The second-order valence-electron chi connectivity index (χ2n) is 7.93. The van der Waals surface area contributed by atoms with Gasteiger partial charge in [0.2, 0.25) is 0 Å². The molecule has 5 nitrogen and oxygen atoms in total. The first-order chi connectivity index (χ1) is 13.3. The first-order valence-electron chi connectivity index (χ1n) is 10.6. The zero-order valence-corrected chi connectivity index (χ0v) is 16.5. The maximum atomic E-state index is 4.86. The summed E-state index contributed by atoms with van der Waals surface area (Å²) in [6.07, 6.45) is 9.72. The van der Waals surface area contributed by atoms with Gasteiger partial charge >= 0.3 is 0 Å². The van der Waals surface area contributed by atoms with E-state index in [9.17, 15) is 0 Å². The number of likely N-dealkylation sites (tertiary alicyclic amines) is 1. The average molecular weight is 368 g/mol. The number of aliphatic imine (C=N–C) groups is 1. The van der Waals surface area contributed by atoms with Crippen LogP contribution < -0.4 is 15.5 Å².